The summed E-state index contributed by atoms with van der Waals surface area (Å²) < 4.78 is 0. The van der Waals surface area contributed by atoms with Crippen LogP contribution in [-0.2, 0) is 10.3 Å². The number of hydrogen-bond acceptors (Lipinski definition) is 6. The molecule has 0 fully saturated rings. The maximum Gasteiger partial charge on any atom is 0.275 e. The number of carbonyl (C=O) groups excluding carboxylic acids is 2. The second-order valence-corrected chi connectivity index (χ2v) is 6.98. The molecule has 3 N–H and O–H groups in total. The van der Waals surface area contributed by atoms with Crippen LogP contribution in [0.4, 0.5) is 5.69 Å². The third-order valence-corrected chi connectivity index (χ3v) is 4.79. The van der Waals surface area contributed by atoms with Crippen molar-refractivity contribution in [2.45, 2.75) is 18.9 Å². The first-order valence-corrected chi connectivity index (χ1v) is 8.71. The Kier molecular flexibility index (Phi) is 5.03. The lowest BCUT2D eigenvalue weighted by atomic mass is 9.87. The van der Waals surface area contributed by atoms with Crippen molar-refractivity contribution >= 4 is 35.1 Å². The molecule has 3 rings (SSSR count). The van der Waals surface area contributed by atoms with E-state index < -0.39 is 11.4 Å². The SMILES string of the molecule is CN1C(=O)CC(C)(c2cccc(NC(=O)c3ncc(C#N)cc3Cl)c2)N=C1N. The van der Waals surface area contributed by atoms with Crippen LogP contribution < -0.4 is 11.1 Å². The maximum atomic E-state index is 12.5. The highest BCUT2D eigenvalue weighted by Crippen LogP contribution is 2.34. The second kappa shape index (κ2) is 7.29. The molecule has 0 bridgehead atoms. The minimum atomic E-state index is -0.835. The summed E-state index contributed by atoms with van der Waals surface area (Å²) in [5.41, 5.74) is 6.51. The van der Waals surface area contributed by atoms with E-state index >= 15 is 0 Å². The summed E-state index contributed by atoms with van der Waals surface area (Å²) >= 11 is 6.04. The molecule has 1 aromatic carbocycles. The Hall–Kier alpha value is -3.44. The van der Waals surface area contributed by atoms with Crippen molar-refractivity contribution in [1.82, 2.24) is 9.88 Å². The first-order valence-electron chi connectivity index (χ1n) is 8.33. The maximum absolute atomic E-state index is 12.5. The topological polar surface area (TPSA) is 124 Å². The van der Waals surface area contributed by atoms with Gasteiger partial charge in [0, 0.05) is 18.9 Å². The molecular weight excluding hydrogens is 380 g/mol. The fourth-order valence-electron chi connectivity index (χ4n) is 2.86. The van der Waals surface area contributed by atoms with E-state index in [0.29, 0.717) is 5.69 Å². The molecule has 0 saturated heterocycles. The van der Waals surface area contributed by atoms with E-state index in [2.05, 4.69) is 15.3 Å². The van der Waals surface area contributed by atoms with E-state index in [-0.39, 0.29) is 34.6 Å². The minimum Gasteiger partial charge on any atom is -0.369 e. The van der Waals surface area contributed by atoms with Gasteiger partial charge in [0.2, 0.25) is 5.91 Å². The molecule has 28 heavy (non-hydrogen) atoms. The van der Waals surface area contributed by atoms with E-state index in [1.807, 2.05) is 19.1 Å². The van der Waals surface area contributed by atoms with Crippen LogP contribution >= 0.6 is 11.6 Å². The number of nitriles is 1. The first-order chi connectivity index (χ1) is 13.2. The lowest BCUT2D eigenvalue weighted by Crippen LogP contribution is -2.47. The summed E-state index contributed by atoms with van der Waals surface area (Å²) in [6, 6.07) is 10.3. The summed E-state index contributed by atoms with van der Waals surface area (Å²) in [4.78, 5) is 34.4. The first kappa shape index (κ1) is 19.3. The zero-order valence-corrected chi connectivity index (χ0v) is 16.0. The van der Waals surface area contributed by atoms with Gasteiger partial charge in [-0.3, -0.25) is 14.5 Å². The number of guanidine groups is 1. The number of aliphatic imine (C=N–C) groups is 1. The zero-order valence-electron chi connectivity index (χ0n) is 15.2. The summed E-state index contributed by atoms with van der Waals surface area (Å²) in [6.45, 7) is 1.81. The lowest BCUT2D eigenvalue weighted by molar-refractivity contribution is -0.128. The van der Waals surface area contributed by atoms with Crippen molar-refractivity contribution in [3.05, 3.63) is 58.4 Å². The Morgan fingerprint density at radius 3 is 2.82 bits per heavy atom. The van der Waals surface area contributed by atoms with Crippen LogP contribution in [0.25, 0.3) is 0 Å². The second-order valence-electron chi connectivity index (χ2n) is 6.57. The number of hydrogen-bond donors (Lipinski definition) is 2. The molecule has 1 unspecified atom stereocenters. The van der Waals surface area contributed by atoms with Gasteiger partial charge in [-0.2, -0.15) is 5.26 Å². The Labute approximate surface area is 166 Å². The number of aromatic nitrogens is 1. The van der Waals surface area contributed by atoms with E-state index in [0.717, 1.165) is 5.56 Å². The lowest BCUT2D eigenvalue weighted by Gasteiger charge is -2.33. The zero-order chi connectivity index (χ0) is 20.5. The van der Waals surface area contributed by atoms with Gasteiger partial charge in [0.1, 0.15) is 11.8 Å². The standard InChI is InChI=1S/C19H17ClN6O2/c1-19(8-15(27)26(2)18(22)25-19)12-4-3-5-13(7-12)24-17(28)16-14(20)6-11(9-21)10-23-16/h3-7,10H,8H2,1-2H3,(H2,22,25)(H,24,28). The quantitative estimate of drug-likeness (QED) is 0.823. The Bertz CT molecular complexity index is 1040. The van der Waals surface area contributed by atoms with Crippen LogP contribution in [-0.4, -0.2) is 34.7 Å². The molecule has 0 saturated carbocycles. The molecule has 8 nitrogen and oxygen atoms in total. The van der Waals surface area contributed by atoms with Gasteiger partial charge in [-0.25, -0.2) is 9.98 Å². The molecule has 2 heterocycles. The largest absolute Gasteiger partial charge is 0.369 e. The van der Waals surface area contributed by atoms with Crippen LogP contribution in [0.1, 0.15) is 35.0 Å². The molecule has 142 valence electrons. The Morgan fingerprint density at radius 2 is 2.18 bits per heavy atom. The normalized spacial score (nSPS) is 19.0. The number of nitrogens with one attached hydrogen (secondary N) is 1. The third kappa shape index (κ3) is 3.66. The molecule has 0 radical (unpaired) electrons. The molecule has 1 aromatic heterocycles. The highest BCUT2D eigenvalue weighted by Gasteiger charge is 2.36. The molecule has 0 aliphatic carbocycles. The van der Waals surface area contributed by atoms with Gasteiger partial charge >= 0.3 is 0 Å². The van der Waals surface area contributed by atoms with Crippen molar-refractivity contribution in [2.75, 3.05) is 12.4 Å². The molecule has 1 atom stereocenters. The summed E-state index contributed by atoms with van der Waals surface area (Å²) in [5.74, 6) is -0.515. The van der Waals surface area contributed by atoms with E-state index in [4.69, 9.17) is 22.6 Å². The fraction of sp³-hybridized carbons (Fsp3) is 0.211. The monoisotopic (exact) mass is 396 g/mol. The number of amides is 2. The van der Waals surface area contributed by atoms with Crippen LogP contribution in [0.15, 0.2) is 41.5 Å². The number of benzene rings is 1. The van der Waals surface area contributed by atoms with Gasteiger partial charge in [-0.1, -0.05) is 23.7 Å². The van der Waals surface area contributed by atoms with E-state index in [9.17, 15) is 9.59 Å². The predicted octanol–water partition coefficient (Wildman–Crippen LogP) is 2.25. The van der Waals surface area contributed by atoms with E-state index in [1.54, 1.807) is 25.2 Å². The van der Waals surface area contributed by atoms with Crippen LogP contribution in [0.3, 0.4) is 0 Å². The number of carbonyl (C=O) groups is 2. The molecule has 2 aromatic rings. The molecule has 0 spiro atoms. The minimum absolute atomic E-state index is 0.00835. The van der Waals surface area contributed by atoms with E-state index in [1.165, 1.54) is 17.2 Å². The fourth-order valence-corrected chi connectivity index (χ4v) is 3.12. The number of halogens is 1. The smallest absolute Gasteiger partial charge is 0.275 e. The van der Waals surface area contributed by atoms with Crippen LogP contribution in [0.2, 0.25) is 5.02 Å². The van der Waals surface area contributed by atoms with Crippen LogP contribution in [0, 0.1) is 11.3 Å². The van der Waals surface area contributed by atoms with Crippen molar-refractivity contribution in [3.8, 4) is 6.07 Å². The van der Waals surface area contributed by atoms with Crippen molar-refractivity contribution in [3.63, 3.8) is 0 Å². The number of pyridine rings is 1. The Morgan fingerprint density at radius 1 is 1.43 bits per heavy atom. The van der Waals surface area contributed by atoms with Gasteiger partial charge < -0.3 is 11.1 Å². The molecular formula is C19H17ClN6O2. The third-order valence-electron chi connectivity index (χ3n) is 4.50. The molecule has 1 aliphatic rings. The van der Waals surface area contributed by atoms with Gasteiger partial charge in [0.25, 0.3) is 5.91 Å². The van der Waals surface area contributed by atoms with Gasteiger partial charge in [0.15, 0.2) is 5.96 Å². The number of anilines is 1. The van der Waals surface area contributed by atoms with Gasteiger partial charge in [0.05, 0.1) is 22.5 Å². The summed E-state index contributed by atoms with van der Waals surface area (Å²) in [7, 11) is 1.58. The average molecular weight is 397 g/mol. The predicted molar refractivity (Wildman–Crippen MR) is 105 cm³/mol. The van der Waals surface area contributed by atoms with Crippen molar-refractivity contribution in [2.24, 2.45) is 10.7 Å². The summed E-state index contributed by atoms with van der Waals surface area (Å²) in [6.07, 6.45) is 1.44. The summed E-state index contributed by atoms with van der Waals surface area (Å²) in [5, 5.41) is 11.7. The Balaban J connectivity index is 1.87. The van der Waals surface area contributed by atoms with Gasteiger partial charge in [-0.15, -0.1) is 0 Å². The number of nitrogens with zero attached hydrogens (tertiary/aromatic N) is 4. The molecule has 2 amide bonds. The average Bonchev–Trinajstić information content (AvgIpc) is 2.66. The van der Waals surface area contributed by atoms with Crippen molar-refractivity contribution < 1.29 is 9.59 Å². The van der Waals surface area contributed by atoms with Gasteiger partial charge in [-0.05, 0) is 30.7 Å². The van der Waals surface area contributed by atoms with Crippen LogP contribution in [0.5, 0.6) is 0 Å². The number of nitrogens with two attached hydrogens (primary N) is 1. The molecule has 9 heteroatoms. The number of rotatable bonds is 3. The van der Waals surface area contributed by atoms with Crippen molar-refractivity contribution in [1.29, 1.82) is 5.26 Å². The highest BCUT2D eigenvalue weighted by atomic mass is 35.5. The highest BCUT2D eigenvalue weighted by molar-refractivity contribution is 6.34. The molecule has 1 aliphatic heterocycles.